The standard InChI is InChI=1S/C23H22F3N3O4/c1-31-19-9-15(8-14-2-5-28(13-23(24,25)26)22(30)21(14)19)18-11-27-20-10-16(3-6-29(18)20)33-12-17-4-7-32-17/h3,6,8-11,17H,2,4-5,7,12-13H2,1H3. The summed E-state index contributed by atoms with van der Waals surface area (Å²) in [5.74, 6) is 0.260. The normalized spacial score (nSPS) is 18.2. The number of imidazole rings is 1. The summed E-state index contributed by atoms with van der Waals surface area (Å²) in [6, 6.07) is 7.15. The van der Waals surface area contributed by atoms with Crippen LogP contribution in [0.1, 0.15) is 22.3 Å². The van der Waals surface area contributed by atoms with Crippen molar-refractivity contribution in [1.82, 2.24) is 14.3 Å². The van der Waals surface area contributed by atoms with E-state index in [1.54, 1.807) is 12.3 Å². The number of alkyl halides is 3. The Labute approximate surface area is 187 Å². The smallest absolute Gasteiger partial charge is 0.406 e. The van der Waals surface area contributed by atoms with Gasteiger partial charge in [0, 0.05) is 37.4 Å². The Morgan fingerprint density at radius 2 is 2.09 bits per heavy atom. The van der Waals surface area contributed by atoms with E-state index >= 15 is 0 Å². The number of methoxy groups -OCH3 is 1. The second kappa shape index (κ2) is 8.26. The molecule has 1 amide bonds. The van der Waals surface area contributed by atoms with Crippen molar-refractivity contribution in [2.75, 3.05) is 33.4 Å². The van der Waals surface area contributed by atoms with Crippen LogP contribution >= 0.6 is 0 Å². The molecule has 10 heteroatoms. The molecule has 3 aromatic rings. The zero-order chi connectivity index (χ0) is 23.2. The summed E-state index contributed by atoms with van der Waals surface area (Å²) >= 11 is 0. The molecule has 1 fully saturated rings. The van der Waals surface area contributed by atoms with E-state index in [2.05, 4.69) is 4.98 Å². The van der Waals surface area contributed by atoms with E-state index in [9.17, 15) is 18.0 Å². The minimum absolute atomic E-state index is 0.00346. The summed E-state index contributed by atoms with van der Waals surface area (Å²) in [4.78, 5) is 18.0. The molecule has 7 nitrogen and oxygen atoms in total. The number of fused-ring (bicyclic) bond motifs is 2. The van der Waals surface area contributed by atoms with Gasteiger partial charge in [-0.3, -0.25) is 9.20 Å². The zero-order valence-corrected chi connectivity index (χ0v) is 17.9. The number of hydrogen-bond donors (Lipinski definition) is 0. The summed E-state index contributed by atoms with van der Waals surface area (Å²) in [5.41, 5.74) is 3.04. The number of pyridine rings is 1. The minimum Gasteiger partial charge on any atom is -0.496 e. The van der Waals surface area contributed by atoms with Crippen molar-refractivity contribution < 1.29 is 32.2 Å². The molecule has 4 heterocycles. The van der Waals surface area contributed by atoms with Crippen molar-refractivity contribution >= 4 is 11.6 Å². The highest BCUT2D eigenvalue weighted by Gasteiger charge is 2.37. The van der Waals surface area contributed by atoms with Crippen LogP contribution in [0.5, 0.6) is 11.5 Å². The lowest BCUT2D eigenvalue weighted by Gasteiger charge is -2.30. The van der Waals surface area contributed by atoms with Gasteiger partial charge in [0.1, 0.15) is 30.3 Å². The van der Waals surface area contributed by atoms with Crippen molar-refractivity contribution in [2.45, 2.75) is 25.1 Å². The van der Waals surface area contributed by atoms with Gasteiger partial charge in [0.2, 0.25) is 0 Å². The number of carbonyl (C=O) groups is 1. The number of halogens is 3. The average molecular weight is 461 g/mol. The molecule has 0 N–H and O–H groups in total. The number of ether oxygens (including phenoxy) is 3. The Kier molecular flexibility index (Phi) is 5.40. The van der Waals surface area contributed by atoms with E-state index < -0.39 is 18.6 Å². The molecule has 2 aliphatic rings. The fraction of sp³-hybridized carbons (Fsp3) is 0.391. The number of rotatable bonds is 6. The Balaban J connectivity index is 1.45. The summed E-state index contributed by atoms with van der Waals surface area (Å²) in [7, 11) is 1.40. The summed E-state index contributed by atoms with van der Waals surface area (Å²) < 4.78 is 57.0. The Morgan fingerprint density at radius 1 is 1.27 bits per heavy atom. The largest absolute Gasteiger partial charge is 0.496 e. The van der Waals surface area contributed by atoms with Gasteiger partial charge in [-0.15, -0.1) is 0 Å². The van der Waals surface area contributed by atoms with E-state index in [-0.39, 0.29) is 24.0 Å². The first-order valence-corrected chi connectivity index (χ1v) is 10.6. The van der Waals surface area contributed by atoms with Crippen LogP contribution in [0.4, 0.5) is 13.2 Å². The Bertz CT molecular complexity index is 1190. The van der Waals surface area contributed by atoms with Crippen LogP contribution in [0.2, 0.25) is 0 Å². The molecule has 5 rings (SSSR count). The highest BCUT2D eigenvalue weighted by Crippen LogP contribution is 2.35. The molecular formula is C23H22F3N3O4. The quantitative estimate of drug-likeness (QED) is 0.560. The monoisotopic (exact) mass is 461 g/mol. The highest BCUT2D eigenvalue weighted by molar-refractivity contribution is 6.00. The van der Waals surface area contributed by atoms with Gasteiger partial charge < -0.3 is 19.1 Å². The molecule has 0 bridgehead atoms. The molecule has 1 unspecified atom stereocenters. The van der Waals surface area contributed by atoms with Gasteiger partial charge in [0.25, 0.3) is 5.91 Å². The lowest BCUT2D eigenvalue weighted by molar-refractivity contribution is -0.141. The molecule has 0 spiro atoms. The molecule has 174 valence electrons. The predicted octanol–water partition coefficient (Wildman–Crippen LogP) is 3.74. The number of amides is 1. The first-order valence-electron chi connectivity index (χ1n) is 10.6. The molecular weight excluding hydrogens is 439 g/mol. The fourth-order valence-electron chi connectivity index (χ4n) is 4.17. The molecule has 0 saturated carbocycles. The fourth-order valence-corrected chi connectivity index (χ4v) is 4.17. The number of nitrogens with zero attached hydrogens (tertiary/aromatic N) is 3. The maximum atomic E-state index is 12.9. The number of benzene rings is 1. The van der Waals surface area contributed by atoms with Crippen molar-refractivity contribution in [1.29, 1.82) is 0 Å². The second-order valence-electron chi connectivity index (χ2n) is 8.13. The van der Waals surface area contributed by atoms with Gasteiger partial charge in [-0.2, -0.15) is 13.2 Å². The van der Waals surface area contributed by atoms with Crippen LogP contribution in [-0.4, -0.2) is 65.9 Å². The molecule has 1 aromatic carbocycles. The molecule has 0 aliphatic carbocycles. The van der Waals surface area contributed by atoms with Gasteiger partial charge >= 0.3 is 6.18 Å². The number of aromatic nitrogens is 2. The van der Waals surface area contributed by atoms with E-state index in [4.69, 9.17) is 14.2 Å². The van der Waals surface area contributed by atoms with Crippen molar-refractivity contribution in [3.05, 3.63) is 47.8 Å². The lowest BCUT2D eigenvalue weighted by atomic mass is 9.94. The van der Waals surface area contributed by atoms with E-state index in [1.165, 1.54) is 7.11 Å². The van der Waals surface area contributed by atoms with Crippen LogP contribution in [-0.2, 0) is 11.2 Å². The molecule has 1 saturated heterocycles. The summed E-state index contributed by atoms with van der Waals surface area (Å²) in [5, 5.41) is 0. The minimum atomic E-state index is -4.45. The van der Waals surface area contributed by atoms with Gasteiger partial charge in [0.15, 0.2) is 0 Å². The molecule has 1 atom stereocenters. The SMILES string of the molecule is COc1cc(-c2cnc3cc(OCC4CCO4)ccn23)cc2c1C(=O)N(CC(F)(F)F)CC2. The van der Waals surface area contributed by atoms with E-state index in [0.717, 1.165) is 29.2 Å². The van der Waals surface area contributed by atoms with Gasteiger partial charge in [-0.1, -0.05) is 0 Å². The topological polar surface area (TPSA) is 65.3 Å². The van der Waals surface area contributed by atoms with Gasteiger partial charge in [-0.25, -0.2) is 4.98 Å². The van der Waals surface area contributed by atoms with Crippen molar-refractivity contribution in [3.8, 4) is 22.8 Å². The maximum absolute atomic E-state index is 12.9. The van der Waals surface area contributed by atoms with Crippen molar-refractivity contribution in [3.63, 3.8) is 0 Å². The van der Waals surface area contributed by atoms with Crippen molar-refractivity contribution in [2.24, 2.45) is 0 Å². The van der Waals surface area contributed by atoms with Crippen LogP contribution in [0, 0.1) is 0 Å². The third-order valence-electron chi connectivity index (χ3n) is 5.94. The predicted molar refractivity (Wildman–Crippen MR) is 113 cm³/mol. The van der Waals surface area contributed by atoms with E-state index in [0.29, 0.717) is 30.0 Å². The lowest BCUT2D eigenvalue weighted by Crippen LogP contribution is -2.43. The number of hydrogen-bond acceptors (Lipinski definition) is 5. The van der Waals surface area contributed by atoms with Gasteiger partial charge in [-0.05, 0) is 30.2 Å². The van der Waals surface area contributed by atoms with Gasteiger partial charge in [0.05, 0.1) is 30.7 Å². The van der Waals surface area contributed by atoms with E-state index in [1.807, 2.05) is 28.8 Å². The van der Waals surface area contributed by atoms with Crippen LogP contribution < -0.4 is 9.47 Å². The number of carbonyl (C=O) groups excluding carboxylic acids is 1. The molecule has 33 heavy (non-hydrogen) atoms. The molecule has 0 radical (unpaired) electrons. The maximum Gasteiger partial charge on any atom is 0.406 e. The molecule has 2 aliphatic heterocycles. The third-order valence-corrected chi connectivity index (χ3v) is 5.94. The highest BCUT2D eigenvalue weighted by atomic mass is 19.4. The first-order chi connectivity index (χ1) is 15.8. The van der Waals surface area contributed by atoms with Crippen LogP contribution in [0.15, 0.2) is 36.7 Å². The third kappa shape index (κ3) is 4.22. The average Bonchev–Trinajstić information content (AvgIpc) is 3.16. The first kappa shape index (κ1) is 21.6. The van der Waals surface area contributed by atoms with Crippen LogP contribution in [0.25, 0.3) is 16.9 Å². The van der Waals surface area contributed by atoms with Crippen LogP contribution in [0.3, 0.4) is 0 Å². The Hall–Kier alpha value is -3.27. The summed E-state index contributed by atoms with van der Waals surface area (Å²) in [6.07, 6.45) is 0.525. The zero-order valence-electron chi connectivity index (χ0n) is 17.9. The second-order valence-corrected chi connectivity index (χ2v) is 8.13. The summed E-state index contributed by atoms with van der Waals surface area (Å²) in [6.45, 7) is -0.0186. The molecule has 2 aromatic heterocycles. The Morgan fingerprint density at radius 3 is 2.79 bits per heavy atom.